The molecule has 1 aliphatic rings. The third-order valence-corrected chi connectivity index (χ3v) is 7.32. The van der Waals surface area contributed by atoms with Crippen LogP contribution in [-0.2, 0) is 11.0 Å². The number of anilines is 2. The van der Waals surface area contributed by atoms with Crippen LogP contribution in [0.3, 0.4) is 0 Å². The Kier molecular flexibility index (Phi) is 8.80. The van der Waals surface area contributed by atoms with E-state index >= 15 is 0 Å². The molecule has 212 valence electrons. The number of rotatable bonds is 7. The molecule has 3 amide bonds. The van der Waals surface area contributed by atoms with Gasteiger partial charge < -0.3 is 25.5 Å². The molecular weight excluding hydrogens is 577 g/mol. The Morgan fingerprint density at radius 1 is 1.07 bits per heavy atom. The van der Waals surface area contributed by atoms with E-state index < -0.39 is 41.2 Å². The number of piperazine rings is 1. The third-order valence-electron chi connectivity index (χ3n) is 5.84. The molecule has 4 rings (SSSR count). The second-order valence-electron chi connectivity index (χ2n) is 8.55. The summed E-state index contributed by atoms with van der Waals surface area (Å²) in [5.41, 5.74) is -1.04. The summed E-state index contributed by atoms with van der Waals surface area (Å²) in [4.78, 5) is 56.7. The van der Waals surface area contributed by atoms with Crippen LogP contribution in [-0.4, -0.2) is 80.4 Å². The Balaban J connectivity index is 1.37. The number of hydrogen-bond acceptors (Lipinski definition) is 10. The van der Waals surface area contributed by atoms with E-state index in [0.29, 0.717) is 43.1 Å². The number of pyridine rings is 1. The fraction of sp³-hybridized carbons (Fsp3) is 0.348. The predicted octanol–water partition coefficient (Wildman–Crippen LogP) is 2.38. The van der Waals surface area contributed by atoms with Crippen molar-refractivity contribution in [3.63, 3.8) is 0 Å². The summed E-state index contributed by atoms with van der Waals surface area (Å²) in [5, 5.41) is 13.8. The van der Waals surface area contributed by atoms with Crippen LogP contribution in [0.5, 0.6) is 0 Å². The van der Waals surface area contributed by atoms with Crippen LogP contribution in [0.1, 0.15) is 43.7 Å². The third kappa shape index (κ3) is 6.81. The minimum Gasteiger partial charge on any atom is -0.387 e. The van der Waals surface area contributed by atoms with Crippen molar-refractivity contribution in [2.75, 3.05) is 43.0 Å². The highest BCUT2D eigenvalue weighted by Crippen LogP contribution is 2.35. The van der Waals surface area contributed by atoms with Crippen LogP contribution >= 0.6 is 22.9 Å². The van der Waals surface area contributed by atoms with Crippen molar-refractivity contribution >= 4 is 52.3 Å². The Morgan fingerprint density at radius 3 is 2.48 bits per heavy atom. The smallest absolute Gasteiger partial charge is 0.387 e. The van der Waals surface area contributed by atoms with Crippen molar-refractivity contribution in [3.8, 4) is 0 Å². The molecule has 3 aromatic rings. The van der Waals surface area contributed by atoms with Gasteiger partial charge in [-0.25, -0.2) is 19.9 Å². The van der Waals surface area contributed by atoms with Gasteiger partial charge in [-0.15, -0.1) is 11.3 Å². The Bertz CT molecular complexity index is 1410. The number of nitrogens with zero attached hydrogens (tertiary/aromatic N) is 6. The number of carbonyl (C=O) groups is 3. The van der Waals surface area contributed by atoms with Crippen molar-refractivity contribution in [2.45, 2.75) is 19.1 Å². The second kappa shape index (κ2) is 12.1. The van der Waals surface area contributed by atoms with Gasteiger partial charge in [-0.2, -0.15) is 13.2 Å². The summed E-state index contributed by atoms with van der Waals surface area (Å²) in [6, 6.07) is 1.52. The van der Waals surface area contributed by atoms with Gasteiger partial charge in [0.05, 0.1) is 22.8 Å². The normalized spacial score (nSPS) is 14.6. The lowest BCUT2D eigenvalue weighted by atomic mass is 10.2. The zero-order valence-corrected chi connectivity index (χ0v) is 22.3. The van der Waals surface area contributed by atoms with Crippen molar-refractivity contribution in [1.82, 2.24) is 30.2 Å². The molecule has 4 heterocycles. The first-order chi connectivity index (χ1) is 19.0. The first-order valence-electron chi connectivity index (χ1n) is 11.7. The summed E-state index contributed by atoms with van der Waals surface area (Å²) in [6.45, 7) is 2.83. The SMILES string of the molecule is C[C@@H](NC(=O)c1cc(N2CCN(C(=O)CO)CC2)ncn1)c1ncc(C(=O)Nc2cc(C(F)(F)F)c(Cl)cn2)s1. The van der Waals surface area contributed by atoms with E-state index in [-0.39, 0.29) is 22.3 Å². The summed E-state index contributed by atoms with van der Waals surface area (Å²) in [5.74, 6) is -1.43. The van der Waals surface area contributed by atoms with Crippen molar-refractivity contribution in [3.05, 3.63) is 57.0 Å². The number of aliphatic hydroxyl groups excluding tert-OH is 1. The molecule has 12 nitrogen and oxygen atoms in total. The molecule has 17 heteroatoms. The summed E-state index contributed by atoms with van der Waals surface area (Å²) in [7, 11) is 0. The van der Waals surface area contributed by atoms with Gasteiger partial charge in [-0.3, -0.25) is 14.4 Å². The zero-order chi connectivity index (χ0) is 29.0. The summed E-state index contributed by atoms with van der Waals surface area (Å²) >= 11 is 6.50. The topological polar surface area (TPSA) is 154 Å². The number of thiazole rings is 1. The molecule has 1 aliphatic heterocycles. The van der Waals surface area contributed by atoms with Crippen LogP contribution in [0.25, 0.3) is 0 Å². The molecule has 0 saturated carbocycles. The maximum Gasteiger partial charge on any atom is 0.418 e. The number of halogens is 4. The van der Waals surface area contributed by atoms with Gasteiger partial charge in [0, 0.05) is 38.4 Å². The average molecular weight is 599 g/mol. The molecule has 3 aromatic heterocycles. The predicted molar refractivity (Wildman–Crippen MR) is 138 cm³/mol. The number of carbonyl (C=O) groups excluding carboxylic acids is 3. The van der Waals surface area contributed by atoms with E-state index in [1.807, 2.05) is 4.90 Å². The van der Waals surface area contributed by atoms with E-state index in [1.165, 1.54) is 18.6 Å². The Labute approximate surface area is 234 Å². The monoisotopic (exact) mass is 598 g/mol. The van der Waals surface area contributed by atoms with Gasteiger partial charge in [0.15, 0.2) is 0 Å². The molecular formula is C23H22ClF3N8O4S. The highest BCUT2D eigenvalue weighted by Gasteiger charge is 2.34. The van der Waals surface area contributed by atoms with Crippen LogP contribution in [0.2, 0.25) is 5.02 Å². The van der Waals surface area contributed by atoms with Crippen LogP contribution in [0.4, 0.5) is 24.8 Å². The van der Waals surface area contributed by atoms with Gasteiger partial charge in [-0.1, -0.05) is 11.6 Å². The average Bonchev–Trinajstić information content (AvgIpc) is 3.44. The standard InChI is InChI=1S/C23H22ClF3N8O4S/c1-12(22-29-9-16(40-22)21(39)33-17-6-13(23(25,26)27)14(24)8-28-17)32-20(38)15-7-18(31-11-30-15)34-2-4-35(5-3-34)19(37)10-36/h6-9,11-12,36H,2-5,10H2,1H3,(H,32,38)(H,28,33,39)/t12-/m1/s1. The minimum atomic E-state index is -4.72. The van der Waals surface area contributed by atoms with Crippen LogP contribution < -0.4 is 15.5 Å². The fourth-order valence-corrected chi connectivity index (χ4v) is 4.78. The molecule has 0 radical (unpaired) electrons. The lowest BCUT2D eigenvalue weighted by molar-refractivity contribution is -0.137. The number of hydrogen-bond donors (Lipinski definition) is 3. The maximum atomic E-state index is 13.1. The van der Waals surface area contributed by atoms with E-state index in [2.05, 4.69) is 30.6 Å². The molecule has 3 N–H and O–H groups in total. The van der Waals surface area contributed by atoms with Gasteiger partial charge in [0.2, 0.25) is 5.91 Å². The molecule has 40 heavy (non-hydrogen) atoms. The first-order valence-corrected chi connectivity index (χ1v) is 12.9. The lowest BCUT2D eigenvalue weighted by Gasteiger charge is -2.35. The Hall–Kier alpha value is -3.89. The first kappa shape index (κ1) is 29.1. The maximum absolute atomic E-state index is 13.1. The zero-order valence-electron chi connectivity index (χ0n) is 20.8. The highest BCUT2D eigenvalue weighted by atomic mass is 35.5. The highest BCUT2D eigenvalue weighted by molar-refractivity contribution is 7.13. The van der Waals surface area contributed by atoms with Crippen molar-refractivity contribution in [1.29, 1.82) is 0 Å². The van der Waals surface area contributed by atoms with Crippen molar-refractivity contribution < 1.29 is 32.7 Å². The molecule has 0 aromatic carbocycles. The molecule has 0 unspecified atom stereocenters. The number of nitrogens with one attached hydrogen (secondary N) is 2. The fourth-order valence-electron chi connectivity index (χ4n) is 3.76. The van der Waals surface area contributed by atoms with Gasteiger partial charge in [0.1, 0.15) is 40.1 Å². The molecule has 0 aliphatic carbocycles. The number of alkyl halides is 3. The molecule has 0 bridgehead atoms. The molecule has 1 fully saturated rings. The quantitative estimate of drug-likeness (QED) is 0.372. The molecule has 1 atom stereocenters. The summed E-state index contributed by atoms with van der Waals surface area (Å²) in [6.07, 6.45) is -1.43. The minimum absolute atomic E-state index is 0.0875. The number of aromatic nitrogens is 4. The second-order valence-corrected chi connectivity index (χ2v) is 10.0. The van der Waals surface area contributed by atoms with E-state index in [4.69, 9.17) is 16.7 Å². The van der Waals surface area contributed by atoms with Gasteiger partial charge in [0.25, 0.3) is 11.8 Å². The van der Waals surface area contributed by atoms with E-state index in [1.54, 1.807) is 11.8 Å². The van der Waals surface area contributed by atoms with Crippen LogP contribution in [0.15, 0.2) is 30.9 Å². The van der Waals surface area contributed by atoms with Gasteiger partial charge in [-0.05, 0) is 13.0 Å². The van der Waals surface area contributed by atoms with Crippen LogP contribution in [0, 0.1) is 0 Å². The number of amides is 3. The number of aliphatic hydroxyl groups is 1. The van der Waals surface area contributed by atoms with Gasteiger partial charge >= 0.3 is 6.18 Å². The molecule has 1 saturated heterocycles. The lowest BCUT2D eigenvalue weighted by Crippen LogP contribution is -2.49. The summed E-state index contributed by atoms with van der Waals surface area (Å²) < 4.78 is 39.2. The molecule has 0 spiro atoms. The Morgan fingerprint density at radius 2 is 1.80 bits per heavy atom. The van der Waals surface area contributed by atoms with E-state index in [9.17, 15) is 27.6 Å². The largest absolute Gasteiger partial charge is 0.418 e. The van der Waals surface area contributed by atoms with Crippen molar-refractivity contribution in [2.24, 2.45) is 0 Å². The van der Waals surface area contributed by atoms with E-state index in [0.717, 1.165) is 17.5 Å².